The van der Waals surface area contributed by atoms with Crippen LogP contribution in [-0.4, -0.2) is 13.1 Å². The van der Waals surface area contributed by atoms with Gasteiger partial charge < -0.3 is 4.90 Å². The minimum atomic E-state index is 0.140. The molecule has 0 amide bonds. The highest BCUT2D eigenvalue weighted by Crippen LogP contribution is 2.55. The summed E-state index contributed by atoms with van der Waals surface area (Å²) in [6.45, 7) is 11.6. The van der Waals surface area contributed by atoms with Gasteiger partial charge in [-0.1, -0.05) is 90.5 Å². The number of hydrogen-bond donors (Lipinski definition) is 0. The third kappa shape index (κ3) is 5.38. The standard InChI is InChI=1S/C33H45NS/c1-5-9-19-33(20-10-6-2)30-24-26(32-14-13-23-35-32)15-17-28(30)29-18-16-27(25-31(29)33)34(21-11-7-3)22-12-8-4/h13-18,23-25H,5-12,19-22H2,1-4H3. The highest BCUT2D eigenvalue weighted by Gasteiger charge is 2.42. The zero-order valence-corrected chi connectivity index (χ0v) is 23.4. The summed E-state index contributed by atoms with van der Waals surface area (Å²) in [4.78, 5) is 4.05. The highest BCUT2D eigenvalue weighted by atomic mass is 32.1. The van der Waals surface area contributed by atoms with Gasteiger partial charge in [-0.15, -0.1) is 11.3 Å². The number of hydrogen-bond acceptors (Lipinski definition) is 2. The molecule has 0 atom stereocenters. The Kier molecular flexibility index (Phi) is 9.11. The van der Waals surface area contributed by atoms with Crippen LogP contribution in [0.2, 0.25) is 0 Å². The van der Waals surface area contributed by atoms with Crippen LogP contribution in [0.5, 0.6) is 0 Å². The molecule has 4 rings (SSSR count). The van der Waals surface area contributed by atoms with Crippen molar-refractivity contribution in [3.05, 3.63) is 65.0 Å². The predicted octanol–water partition coefficient (Wildman–Crippen LogP) is 10.5. The number of unbranched alkanes of at least 4 members (excludes halogenated alkanes) is 4. The van der Waals surface area contributed by atoms with Crippen molar-refractivity contribution in [3.8, 4) is 21.6 Å². The Morgan fingerprint density at radius 1 is 0.686 bits per heavy atom. The molecule has 0 fully saturated rings. The van der Waals surface area contributed by atoms with E-state index < -0.39 is 0 Å². The van der Waals surface area contributed by atoms with Crippen molar-refractivity contribution in [2.45, 2.75) is 97.3 Å². The van der Waals surface area contributed by atoms with E-state index in [4.69, 9.17) is 0 Å². The van der Waals surface area contributed by atoms with E-state index in [0.717, 1.165) is 0 Å². The summed E-state index contributed by atoms with van der Waals surface area (Å²) in [5, 5.41) is 2.20. The van der Waals surface area contributed by atoms with Crippen molar-refractivity contribution in [1.29, 1.82) is 0 Å². The molecular formula is C33H45NS. The molecule has 0 N–H and O–H groups in total. The van der Waals surface area contributed by atoms with E-state index in [-0.39, 0.29) is 5.41 Å². The molecular weight excluding hydrogens is 442 g/mol. The Bertz CT molecular complexity index is 1050. The molecule has 1 aliphatic rings. The van der Waals surface area contributed by atoms with Crippen molar-refractivity contribution in [2.75, 3.05) is 18.0 Å². The van der Waals surface area contributed by atoms with Crippen LogP contribution in [0.3, 0.4) is 0 Å². The van der Waals surface area contributed by atoms with E-state index in [1.54, 1.807) is 11.1 Å². The van der Waals surface area contributed by atoms with Gasteiger partial charge in [-0.2, -0.15) is 0 Å². The molecule has 0 radical (unpaired) electrons. The third-order valence-electron chi connectivity index (χ3n) is 7.99. The molecule has 35 heavy (non-hydrogen) atoms. The van der Waals surface area contributed by atoms with Crippen LogP contribution >= 0.6 is 11.3 Å². The number of thiophene rings is 1. The van der Waals surface area contributed by atoms with Gasteiger partial charge in [0.15, 0.2) is 0 Å². The second kappa shape index (κ2) is 12.3. The summed E-state index contributed by atoms with van der Waals surface area (Å²) >= 11 is 1.86. The maximum Gasteiger partial charge on any atom is 0.0369 e. The van der Waals surface area contributed by atoms with Crippen LogP contribution in [0.25, 0.3) is 21.6 Å². The maximum atomic E-state index is 2.66. The molecule has 0 saturated heterocycles. The number of nitrogens with zero attached hydrogens (tertiary/aromatic N) is 1. The van der Waals surface area contributed by atoms with Gasteiger partial charge in [0, 0.05) is 29.1 Å². The fourth-order valence-electron chi connectivity index (χ4n) is 5.96. The third-order valence-corrected chi connectivity index (χ3v) is 8.91. The van der Waals surface area contributed by atoms with E-state index >= 15 is 0 Å². The Hall–Kier alpha value is -2.06. The van der Waals surface area contributed by atoms with E-state index in [9.17, 15) is 0 Å². The Morgan fingerprint density at radius 3 is 1.86 bits per heavy atom. The number of rotatable bonds is 14. The molecule has 0 bridgehead atoms. The van der Waals surface area contributed by atoms with Crippen molar-refractivity contribution < 1.29 is 0 Å². The first-order valence-electron chi connectivity index (χ1n) is 14.3. The lowest BCUT2D eigenvalue weighted by Gasteiger charge is -2.34. The van der Waals surface area contributed by atoms with E-state index in [0.29, 0.717) is 0 Å². The fraction of sp³-hybridized carbons (Fsp3) is 0.515. The van der Waals surface area contributed by atoms with E-state index in [1.807, 2.05) is 11.3 Å². The second-order valence-corrected chi connectivity index (χ2v) is 11.4. The SMILES string of the molecule is CCCCN(CCCC)c1ccc2c(c1)C(CCCC)(CCCC)c1cc(-c3cccs3)ccc1-2. The van der Waals surface area contributed by atoms with Crippen LogP contribution in [-0.2, 0) is 5.41 Å². The quantitative estimate of drug-likeness (QED) is 0.218. The lowest BCUT2D eigenvalue weighted by atomic mass is 9.70. The summed E-state index contributed by atoms with van der Waals surface area (Å²) in [5.41, 5.74) is 9.12. The molecule has 1 nitrogen and oxygen atoms in total. The zero-order chi connectivity index (χ0) is 24.7. The molecule has 1 aliphatic carbocycles. The molecule has 0 spiro atoms. The molecule has 1 aromatic heterocycles. The fourth-order valence-corrected chi connectivity index (χ4v) is 6.69. The lowest BCUT2D eigenvalue weighted by molar-refractivity contribution is 0.414. The first-order valence-corrected chi connectivity index (χ1v) is 15.1. The van der Waals surface area contributed by atoms with Gasteiger partial charge in [0.25, 0.3) is 0 Å². The molecule has 0 saturated carbocycles. The lowest BCUT2D eigenvalue weighted by Crippen LogP contribution is -2.28. The van der Waals surface area contributed by atoms with Gasteiger partial charge in [-0.05, 0) is 83.1 Å². The van der Waals surface area contributed by atoms with Gasteiger partial charge in [-0.3, -0.25) is 0 Å². The minimum absolute atomic E-state index is 0.140. The van der Waals surface area contributed by atoms with Gasteiger partial charge in [-0.25, -0.2) is 0 Å². The molecule has 0 aliphatic heterocycles. The van der Waals surface area contributed by atoms with Crippen LogP contribution in [0.15, 0.2) is 53.9 Å². The molecule has 2 heteroatoms. The minimum Gasteiger partial charge on any atom is -0.372 e. The summed E-state index contributed by atoms with van der Waals surface area (Å²) in [7, 11) is 0. The summed E-state index contributed by atoms with van der Waals surface area (Å²) in [5.74, 6) is 0. The smallest absolute Gasteiger partial charge is 0.0369 e. The van der Waals surface area contributed by atoms with Crippen LogP contribution in [0, 0.1) is 0 Å². The molecule has 3 aromatic rings. The van der Waals surface area contributed by atoms with Crippen LogP contribution in [0.4, 0.5) is 5.69 Å². The van der Waals surface area contributed by atoms with Crippen molar-refractivity contribution in [3.63, 3.8) is 0 Å². The molecule has 0 unspecified atom stereocenters. The van der Waals surface area contributed by atoms with Crippen LogP contribution < -0.4 is 4.90 Å². The number of benzene rings is 2. The van der Waals surface area contributed by atoms with Crippen molar-refractivity contribution in [2.24, 2.45) is 0 Å². The van der Waals surface area contributed by atoms with Gasteiger partial charge in [0.05, 0.1) is 0 Å². The average Bonchev–Trinajstić information content (AvgIpc) is 3.52. The Morgan fingerprint density at radius 2 is 1.29 bits per heavy atom. The van der Waals surface area contributed by atoms with E-state index in [1.165, 1.54) is 105 Å². The van der Waals surface area contributed by atoms with Gasteiger partial charge >= 0.3 is 0 Å². The summed E-state index contributed by atoms with van der Waals surface area (Å²) in [6.07, 6.45) is 12.6. The molecule has 2 aromatic carbocycles. The van der Waals surface area contributed by atoms with Crippen molar-refractivity contribution in [1.82, 2.24) is 0 Å². The average molecular weight is 488 g/mol. The predicted molar refractivity (Wildman–Crippen MR) is 157 cm³/mol. The second-order valence-electron chi connectivity index (χ2n) is 10.5. The molecule has 1 heterocycles. The number of fused-ring (bicyclic) bond motifs is 3. The summed E-state index contributed by atoms with van der Waals surface area (Å²) in [6, 6.07) is 19.3. The van der Waals surface area contributed by atoms with Gasteiger partial charge in [0.2, 0.25) is 0 Å². The van der Waals surface area contributed by atoms with Gasteiger partial charge in [0.1, 0.15) is 0 Å². The Labute approximate surface area is 218 Å². The van der Waals surface area contributed by atoms with Crippen LogP contribution in [0.1, 0.15) is 103 Å². The Balaban J connectivity index is 1.84. The molecule has 188 valence electrons. The summed E-state index contributed by atoms with van der Waals surface area (Å²) < 4.78 is 0. The monoisotopic (exact) mass is 487 g/mol. The normalized spacial score (nSPS) is 13.6. The van der Waals surface area contributed by atoms with Crippen molar-refractivity contribution >= 4 is 17.0 Å². The largest absolute Gasteiger partial charge is 0.372 e. The zero-order valence-electron chi connectivity index (χ0n) is 22.5. The maximum absolute atomic E-state index is 2.66. The van der Waals surface area contributed by atoms with E-state index in [2.05, 4.69) is 86.5 Å². The number of anilines is 1. The topological polar surface area (TPSA) is 3.24 Å². The highest BCUT2D eigenvalue weighted by molar-refractivity contribution is 7.13. The first-order chi connectivity index (χ1) is 17.2. The first kappa shape index (κ1) is 26.0.